The van der Waals surface area contributed by atoms with Crippen LogP contribution >= 0.6 is 0 Å². The van der Waals surface area contributed by atoms with Crippen molar-refractivity contribution in [2.45, 2.75) is 71.7 Å². The predicted octanol–water partition coefficient (Wildman–Crippen LogP) is 4.45. The zero-order chi connectivity index (χ0) is 29.8. The molecule has 0 aliphatic heterocycles. The number of benzene rings is 2. The van der Waals surface area contributed by atoms with Gasteiger partial charge in [0.15, 0.2) is 5.69 Å². The Kier molecular flexibility index (Phi) is 11.6. The van der Waals surface area contributed by atoms with Gasteiger partial charge >= 0.3 is 6.09 Å². The second kappa shape index (κ2) is 15.4. The number of alkyl carbamates (subject to hydrolysis) is 1. The fraction of sp³-hybridized carbons (Fsp3) is 0.387. The van der Waals surface area contributed by atoms with Crippen LogP contribution in [0.15, 0.2) is 71.3 Å². The molecular weight excluding hydrogens is 524 g/mol. The van der Waals surface area contributed by atoms with E-state index in [9.17, 15) is 19.2 Å². The second-order valence-corrected chi connectivity index (χ2v) is 10.5. The third kappa shape index (κ3) is 10.2. The molecule has 0 saturated carbocycles. The molecule has 218 valence electrons. The number of amides is 3. The van der Waals surface area contributed by atoms with Crippen LogP contribution in [0.4, 0.5) is 4.79 Å². The van der Waals surface area contributed by atoms with Crippen molar-refractivity contribution < 1.29 is 28.3 Å². The van der Waals surface area contributed by atoms with Crippen LogP contribution < -0.4 is 16.0 Å². The minimum atomic E-state index is -1.01. The third-order valence-electron chi connectivity index (χ3n) is 6.09. The molecular formula is C31H38N4O6. The number of aryl methyl sites for hydroxylation is 1. The summed E-state index contributed by atoms with van der Waals surface area (Å²) in [6.45, 7) is 7.51. The number of rotatable bonds is 14. The molecule has 10 heteroatoms. The van der Waals surface area contributed by atoms with Crippen LogP contribution in [0.1, 0.15) is 72.8 Å². The predicted molar refractivity (Wildman–Crippen MR) is 153 cm³/mol. The molecule has 2 atom stereocenters. The minimum Gasteiger partial charge on any atom is -0.445 e. The molecule has 1 aromatic heterocycles. The maximum atomic E-state index is 13.5. The van der Waals surface area contributed by atoms with Crippen molar-refractivity contribution in [2.24, 2.45) is 5.92 Å². The van der Waals surface area contributed by atoms with Gasteiger partial charge in [0.2, 0.25) is 11.7 Å². The van der Waals surface area contributed by atoms with Gasteiger partial charge in [-0.05, 0) is 50.2 Å². The molecule has 3 N–H and O–H groups in total. The third-order valence-corrected chi connectivity index (χ3v) is 6.09. The van der Waals surface area contributed by atoms with Gasteiger partial charge in [-0.15, -0.1) is 0 Å². The summed E-state index contributed by atoms with van der Waals surface area (Å²) < 4.78 is 10.7. The number of hydrogen-bond donors (Lipinski definition) is 3. The van der Waals surface area contributed by atoms with Gasteiger partial charge in [-0.2, -0.15) is 0 Å². The van der Waals surface area contributed by atoms with Crippen LogP contribution in [0.2, 0.25) is 0 Å². The summed E-state index contributed by atoms with van der Waals surface area (Å²) in [5, 5.41) is 8.12. The Morgan fingerprint density at radius 1 is 0.829 bits per heavy atom. The number of hydrogen-bond acceptors (Lipinski definition) is 7. The van der Waals surface area contributed by atoms with Gasteiger partial charge in [-0.1, -0.05) is 74.5 Å². The zero-order valence-electron chi connectivity index (χ0n) is 23.9. The molecule has 0 fully saturated rings. The first-order valence-corrected chi connectivity index (χ1v) is 13.7. The molecule has 0 saturated heterocycles. The van der Waals surface area contributed by atoms with Crippen LogP contribution in [-0.2, 0) is 22.6 Å². The van der Waals surface area contributed by atoms with E-state index in [-0.39, 0.29) is 36.6 Å². The van der Waals surface area contributed by atoms with Crippen LogP contribution in [0.25, 0.3) is 0 Å². The van der Waals surface area contributed by atoms with E-state index in [0.717, 1.165) is 17.4 Å². The lowest BCUT2D eigenvalue weighted by molar-refractivity contribution is -0.124. The monoisotopic (exact) mass is 562 g/mol. The summed E-state index contributed by atoms with van der Waals surface area (Å²) in [5.41, 5.74) is 1.76. The molecule has 1 heterocycles. The Bertz CT molecular complexity index is 1290. The number of aromatic nitrogens is 1. The Hall–Kier alpha value is -4.47. The van der Waals surface area contributed by atoms with E-state index in [1.54, 1.807) is 13.8 Å². The van der Waals surface area contributed by atoms with Crippen molar-refractivity contribution in [1.82, 2.24) is 20.9 Å². The first-order valence-electron chi connectivity index (χ1n) is 13.7. The van der Waals surface area contributed by atoms with E-state index >= 15 is 0 Å². The molecule has 2 aromatic carbocycles. The van der Waals surface area contributed by atoms with Crippen molar-refractivity contribution in [3.63, 3.8) is 0 Å². The van der Waals surface area contributed by atoms with E-state index in [4.69, 9.17) is 9.15 Å². The number of oxazole rings is 1. The number of nitrogens with zero attached hydrogens (tertiary/aromatic N) is 1. The normalized spacial score (nSPS) is 12.4. The molecule has 3 aromatic rings. The van der Waals surface area contributed by atoms with Crippen molar-refractivity contribution >= 4 is 23.7 Å². The average molecular weight is 563 g/mol. The lowest BCUT2D eigenvalue weighted by atomic mass is 9.99. The van der Waals surface area contributed by atoms with Crippen LogP contribution in [0.3, 0.4) is 0 Å². The van der Waals surface area contributed by atoms with Crippen LogP contribution in [0, 0.1) is 5.92 Å². The highest BCUT2D eigenvalue weighted by atomic mass is 16.5. The summed E-state index contributed by atoms with van der Waals surface area (Å²) >= 11 is 0. The van der Waals surface area contributed by atoms with E-state index in [1.165, 1.54) is 0 Å². The van der Waals surface area contributed by atoms with Crippen molar-refractivity contribution in [3.8, 4) is 0 Å². The number of nitrogens with one attached hydrogen (secondary N) is 3. The lowest BCUT2D eigenvalue weighted by Gasteiger charge is -2.23. The number of carbonyl (C=O) groups excluding carboxylic acids is 4. The summed E-state index contributed by atoms with van der Waals surface area (Å²) in [6, 6.07) is 16.6. The van der Waals surface area contributed by atoms with Crippen molar-refractivity contribution in [2.75, 3.05) is 0 Å². The smallest absolute Gasteiger partial charge is 0.408 e. The molecule has 41 heavy (non-hydrogen) atoms. The van der Waals surface area contributed by atoms with Crippen molar-refractivity contribution in [3.05, 3.63) is 89.6 Å². The fourth-order valence-corrected chi connectivity index (χ4v) is 4.08. The Morgan fingerprint density at radius 3 is 2.07 bits per heavy atom. The standard InChI is InChI=1S/C31H38N4O6/c1-20(2)17-25(35-31(39)41-18-23-13-9-6-10-14-23)28(37)33-24(16-15-22-11-7-5-8-12-22)27(36)30-34-26(19-40-30)29(38)32-21(3)4/h5-14,19-21,24-25H,15-18H2,1-4H3,(H,32,38)(H,33,37)(H,35,39). The first kappa shape index (κ1) is 31.1. The van der Waals surface area contributed by atoms with E-state index < -0.39 is 35.8 Å². The fourth-order valence-electron chi connectivity index (χ4n) is 4.08. The van der Waals surface area contributed by atoms with Gasteiger partial charge in [-0.3, -0.25) is 14.4 Å². The number of Topliss-reactive ketones (excluding diaryl/α,β-unsaturated/α-hetero) is 1. The summed E-state index contributed by atoms with van der Waals surface area (Å²) in [7, 11) is 0. The van der Waals surface area contributed by atoms with Gasteiger partial charge in [0, 0.05) is 6.04 Å². The lowest BCUT2D eigenvalue weighted by Crippen LogP contribution is -2.52. The van der Waals surface area contributed by atoms with Crippen LogP contribution in [0.5, 0.6) is 0 Å². The molecule has 3 amide bonds. The number of ketones is 1. The minimum absolute atomic E-state index is 0.0318. The molecule has 0 radical (unpaired) electrons. The Morgan fingerprint density at radius 2 is 1.46 bits per heavy atom. The highest BCUT2D eigenvalue weighted by molar-refractivity contribution is 6.00. The summed E-state index contributed by atoms with van der Waals surface area (Å²) in [4.78, 5) is 55.9. The molecule has 3 rings (SSSR count). The van der Waals surface area contributed by atoms with Crippen molar-refractivity contribution in [1.29, 1.82) is 0 Å². The topological polar surface area (TPSA) is 140 Å². The Balaban J connectivity index is 1.74. The van der Waals surface area contributed by atoms with Crippen LogP contribution in [-0.4, -0.2) is 46.8 Å². The highest BCUT2D eigenvalue weighted by Gasteiger charge is 2.31. The molecule has 0 aliphatic carbocycles. The highest BCUT2D eigenvalue weighted by Crippen LogP contribution is 2.13. The summed E-state index contributed by atoms with van der Waals surface area (Å²) in [6.07, 6.45) is 1.44. The maximum Gasteiger partial charge on any atom is 0.408 e. The molecule has 10 nitrogen and oxygen atoms in total. The van der Waals surface area contributed by atoms with Gasteiger partial charge in [0.05, 0.1) is 6.04 Å². The molecule has 0 bridgehead atoms. The van der Waals surface area contributed by atoms with Gasteiger partial charge < -0.3 is 25.1 Å². The second-order valence-electron chi connectivity index (χ2n) is 10.5. The largest absolute Gasteiger partial charge is 0.445 e. The molecule has 2 unspecified atom stereocenters. The van der Waals surface area contributed by atoms with E-state index in [1.807, 2.05) is 74.5 Å². The SMILES string of the molecule is CC(C)CC(NC(=O)OCc1ccccc1)C(=O)NC(CCc1ccccc1)C(=O)c1nc(C(=O)NC(C)C)co1. The first-order chi connectivity index (χ1) is 19.6. The molecule has 0 aliphatic rings. The molecule has 0 spiro atoms. The van der Waals surface area contributed by atoms with E-state index in [2.05, 4.69) is 20.9 Å². The zero-order valence-corrected chi connectivity index (χ0v) is 23.9. The van der Waals surface area contributed by atoms with E-state index in [0.29, 0.717) is 12.8 Å². The van der Waals surface area contributed by atoms with Gasteiger partial charge in [0.25, 0.3) is 11.8 Å². The van der Waals surface area contributed by atoms with Gasteiger partial charge in [0.1, 0.15) is 18.9 Å². The average Bonchev–Trinajstić information content (AvgIpc) is 3.44. The quantitative estimate of drug-likeness (QED) is 0.247. The number of carbonyl (C=O) groups is 4. The maximum absolute atomic E-state index is 13.5. The summed E-state index contributed by atoms with van der Waals surface area (Å²) in [5.74, 6) is -1.80. The Labute approximate surface area is 240 Å². The number of ether oxygens (including phenoxy) is 1. The van der Waals surface area contributed by atoms with Gasteiger partial charge in [-0.25, -0.2) is 9.78 Å².